The zero-order valence-corrected chi connectivity index (χ0v) is 12.3. The fourth-order valence-electron chi connectivity index (χ4n) is 2.88. The van der Waals surface area contributed by atoms with Gasteiger partial charge in [-0.05, 0) is 26.0 Å². The number of benzene rings is 1. The molecule has 19 heavy (non-hydrogen) atoms. The van der Waals surface area contributed by atoms with E-state index in [2.05, 4.69) is 42.0 Å². The number of hydrogen-bond acceptors (Lipinski definition) is 3. The normalized spacial score (nSPS) is 22.5. The maximum atomic E-state index is 10.2. The topological polar surface area (TPSA) is 26.7 Å². The van der Waals surface area contributed by atoms with E-state index in [9.17, 15) is 5.11 Å². The first-order valence-corrected chi connectivity index (χ1v) is 7.39. The number of hydrogen-bond donors (Lipinski definition) is 1. The number of nitrogens with zero attached hydrogens (tertiary/aromatic N) is 2. The third-order valence-corrected chi connectivity index (χ3v) is 4.27. The Balaban J connectivity index is 2.22. The van der Waals surface area contributed by atoms with E-state index in [1.807, 2.05) is 13.0 Å². The van der Waals surface area contributed by atoms with Gasteiger partial charge in [0.2, 0.25) is 0 Å². The molecule has 1 aliphatic rings. The lowest BCUT2D eigenvalue weighted by Gasteiger charge is -2.41. The van der Waals surface area contributed by atoms with Crippen molar-refractivity contribution in [2.45, 2.75) is 38.8 Å². The van der Waals surface area contributed by atoms with Crippen molar-refractivity contribution < 1.29 is 5.11 Å². The first kappa shape index (κ1) is 14.4. The molecule has 0 saturated carbocycles. The Morgan fingerprint density at radius 3 is 2.68 bits per heavy atom. The van der Waals surface area contributed by atoms with E-state index in [0.29, 0.717) is 6.04 Å². The molecule has 2 rings (SSSR count). The molecule has 0 aliphatic carbocycles. The predicted molar refractivity (Wildman–Crippen MR) is 80.6 cm³/mol. The molecule has 106 valence electrons. The monoisotopic (exact) mass is 262 g/mol. The summed E-state index contributed by atoms with van der Waals surface area (Å²) in [6, 6.07) is 8.90. The molecule has 1 fully saturated rings. The van der Waals surface area contributed by atoms with Crippen LogP contribution in [0, 0.1) is 0 Å². The van der Waals surface area contributed by atoms with Gasteiger partial charge in [0.15, 0.2) is 0 Å². The molecule has 0 radical (unpaired) electrons. The van der Waals surface area contributed by atoms with Crippen LogP contribution in [0.2, 0.25) is 0 Å². The van der Waals surface area contributed by atoms with Crippen molar-refractivity contribution in [3.63, 3.8) is 0 Å². The molecule has 3 heteroatoms. The van der Waals surface area contributed by atoms with Crippen molar-refractivity contribution in [3.05, 3.63) is 29.8 Å². The molecule has 1 N–H and O–H groups in total. The van der Waals surface area contributed by atoms with Gasteiger partial charge >= 0.3 is 0 Å². The van der Waals surface area contributed by atoms with Crippen LogP contribution in [0.4, 0.5) is 5.69 Å². The van der Waals surface area contributed by atoms with Gasteiger partial charge in [0, 0.05) is 36.9 Å². The first-order valence-electron chi connectivity index (χ1n) is 7.39. The molecular weight excluding hydrogens is 236 g/mol. The van der Waals surface area contributed by atoms with Gasteiger partial charge in [0.05, 0.1) is 6.10 Å². The maximum Gasteiger partial charge on any atom is 0.0807 e. The van der Waals surface area contributed by atoms with Crippen LogP contribution in [-0.4, -0.2) is 42.7 Å². The summed E-state index contributed by atoms with van der Waals surface area (Å²) in [6.45, 7) is 7.47. The molecule has 1 aliphatic heterocycles. The second-order valence-electron chi connectivity index (χ2n) is 5.47. The van der Waals surface area contributed by atoms with Gasteiger partial charge in [-0.2, -0.15) is 0 Å². The van der Waals surface area contributed by atoms with E-state index in [1.165, 1.54) is 12.1 Å². The minimum atomic E-state index is -0.351. The lowest BCUT2D eigenvalue weighted by molar-refractivity contribution is 0.172. The van der Waals surface area contributed by atoms with Crippen LogP contribution in [0.5, 0.6) is 0 Å². The van der Waals surface area contributed by atoms with Gasteiger partial charge in [0.25, 0.3) is 0 Å². The van der Waals surface area contributed by atoms with Crippen LogP contribution >= 0.6 is 0 Å². The first-order chi connectivity index (χ1) is 9.17. The molecule has 2 atom stereocenters. The Labute approximate surface area is 116 Å². The zero-order valence-electron chi connectivity index (χ0n) is 12.3. The van der Waals surface area contributed by atoms with Crippen molar-refractivity contribution in [1.29, 1.82) is 0 Å². The van der Waals surface area contributed by atoms with Gasteiger partial charge in [0.1, 0.15) is 0 Å². The average molecular weight is 262 g/mol. The van der Waals surface area contributed by atoms with Crippen LogP contribution in [0.1, 0.15) is 38.4 Å². The number of piperazine rings is 1. The van der Waals surface area contributed by atoms with Gasteiger partial charge in [-0.15, -0.1) is 0 Å². The number of likely N-dealkylation sites (N-methyl/N-ethyl adjacent to an activating group) is 1. The minimum Gasteiger partial charge on any atom is -0.388 e. The van der Waals surface area contributed by atoms with Gasteiger partial charge in [-0.3, -0.25) is 4.90 Å². The third-order valence-electron chi connectivity index (χ3n) is 4.27. The molecule has 1 unspecified atom stereocenters. The molecule has 0 bridgehead atoms. The average Bonchev–Trinajstić information content (AvgIpc) is 2.47. The Morgan fingerprint density at radius 2 is 2.00 bits per heavy atom. The van der Waals surface area contributed by atoms with Crippen LogP contribution < -0.4 is 4.90 Å². The van der Waals surface area contributed by atoms with E-state index in [4.69, 9.17) is 0 Å². The highest BCUT2D eigenvalue weighted by atomic mass is 16.3. The molecule has 1 saturated heterocycles. The summed E-state index contributed by atoms with van der Waals surface area (Å²) < 4.78 is 0. The summed E-state index contributed by atoms with van der Waals surface area (Å²) in [5, 5.41) is 10.2. The summed E-state index contributed by atoms with van der Waals surface area (Å²) >= 11 is 0. The largest absolute Gasteiger partial charge is 0.388 e. The number of aliphatic hydroxyl groups is 1. The summed E-state index contributed by atoms with van der Waals surface area (Å²) in [5.41, 5.74) is 2.29. The quantitative estimate of drug-likeness (QED) is 0.903. The summed E-state index contributed by atoms with van der Waals surface area (Å²) in [6.07, 6.45) is 1.59. The third kappa shape index (κ3) is 3.10. The van der Waals surface area contributed by atoms with E-state index in [0.717, 1.165) is 31.6 Å². The number of anilines is 1. The fourth-order valence-corrected chi connectivity index (χ4v) is 2.88. The fraction of sp³-hybridized carbons (Fsp3) is 0.625. The zero-order chi connectivity index (χ0) is 13.8. The molecule has 1 aromatic rings. The second kappa shape index (κ2) is 6.40. The molecule has 1 aromatic carbocycles. The Hall–Kier alpha value is -1.06. The van der Waals surface area contributed by atoms with Crippen LogP contribution in [0.25, 0.3) is 0 Å². The number of para-hydroxylation sites is 1. The Morgan fingerprint density at radius 1 is 1.26 bits per heavy atom. The minimum absolute atomic E-state index is 0.351. The van der Waals surface area contributed by atoms with Gasteiger partial charge < -0.3 is 10.0 Å². The standard InChI is InChI=1S/C16H26N2O/c1-4-13-12-18(11-10-17(13)3)15-9-7-6-8-14(15)16(19)5-2/h6-9,13,16,19H,4-5,10-12H2,1-3H3/t13?,16-/m0/s1. The summed E-state index contributed by atoms with van der Waals surface area (Å²) in [5.74, 6) is 0. The van der Waals surface area contributed by atoms with Crippen molar-refractivity contribution in [2.75, 3.05) is 31.6 Å². The molecule has 0 aromatic heterocycles. The number of rotatable bonds is 4. The molecule has 3 nitrogen and oxygen atoms in total. The van der Waals surface area contributed by atoms with Gasteiger partial charge in [-0.25, -0.2) is 0 Å². The highest BCUT2D eigenvalue weighted by Crippen LogP contribution is 2.29. The van der Waals surface area contributed by atoms with E-state index in [-0.39, 0.29) is 6.10 Å². The van der Waals surface area contributed by atoms with Crippen molar-refractivity contribution in [3.8, 4) is 0 Å². The Bertz CT molecular complexity index is 407. The number of aliphatic hydroxyl groups excluding tert-OH is 1. The van der Waals surface area contributed by atoms with Crippen LogP contribution in [-0.2, 0) is 0 Å². The van der Waals surface area contributed by atoms with Crippen molar-refractivity contribution in [1.82, 2.24) is 4.90 Å². The summed E-state index contributed by atoms with van der Waals surface area (Å²) in [4.78, 5) is 4.87. The SMILES string of the molecule is CCC1CN(c2ccccc2[C@@H](O)CC)CCN1C. The highest BCUT2D eigenvalue weighted by Gasteiger charge is 2.25. The maximum absolute atomic E-state index is 10.2. The second-order valence-corrected chi connectivity index (χ2v) is 5.47. The molecular formula is C16H26N2O. The predicted octanol–water partition coefficient (Wildman–Crippen LogP) is 2.66. The van der Waals surface area contributed by atoms with Crippen LogP contribution in [0.3, 0.4) is 0 Å². The molecule has 0 amide bonds. The van der Waals surface area contributed by atoms with Crippen molar-refractivity contribution >= 4 is 5.69 Å². The van der Waals surface area contributed by atoms with E-state index in [1.54, 1.807) is 0 Å². The van der Waals surface area contributed by atoms with E-state index < -0.39 is 0 Å². The highest BCUT2D eigenvalue weighted by molar-refractivity contribution is 5.55. The van der Waals surface area contributed by atoms with Crippen molar-refractivity contribution in [2.24, 2.45) is 0 Å². The van der Waals surface area contributed by atoms with Crippen LogP contribution in [0.15, 0.2) is 24.3 Å². The molecule has 0 spiro atoms. The summed E-state index contributed by atoms with van der Waals surface area (Å²) in [7, 11) is 2.21. The lowest BCUT2D eigenvalue weighted by atomic mass is 10.0. The van der Waals surface area contributed by atoms with E-state index >= 15 is 0 Å². The smallest absolute Gasteiger partial charge is 0.0807 e. The van der Waals surface area contributed by atoms with Gasteiger partial charge in [-0.1, -0.05) is 32.0 Å². The molecule has 1 heterocycles. The lowest BCUT2D eigenvalue weighted by Crippen LogP contribution is -2.51. The Kier molecular flexibility index (Phi) is 4.83.